The molecule has 22 heavy (non-hydrogen) atoms. The predicted octanol–water partition coefficient (Wildman–Crippen LogP) is 3.66. The summed E-state index contributed by atoms with van der Waals surface area (Å²) in [6.07, 6.45) is 3.91. The zero-order chi connectivity index (χ0) is 15.0. The van der Waals surface area contributed by atoms with Crippen molar-refractivity contribution in [3.63, 3.8) is 0 Å². The van der Waals surface area contributed by atoms with E-state index in [1.807, 2.05) is 24.1 Å². The fraction of sp³-hybridized carbons (Fsp3) is 0.562. The predicted molar refractivity (Wildman–Crippen MR) is 93.3 cm³/mol. The first-order chi connectivity index (χ1) is 10.0. The quantitative estimate of drug-likeness (QED) is 0.889. The van der Waals surface area contributed by atoms with Gasteiger partial charge in [0.15, 0.2) is 0 Å². The number of amides is 1. The summed E-state index contributed by atoms with van der Waals surface area (Å²) in [6.45, 7) is 1.88. The second kappa shape index (κ2) is 6.96. The Hall–Kier alpha value is -0.480. The van der Waals surface area contributed by atoms with Crippen LogP contribution in [-0.4, -0.2) is 37.0 Å². The van der Waals surface area contributed by atoms with E-state index in [0.717, 1.165) is 44.3 Å². The molecule has 1 aromatic rings. The lowest BCUT2D eigenvalue weighted by molar-refractivity contribution is -0.141. The Labute approximate surface area is 147 Å². The summed E-state index contributed by atoms with van der Waals surface area (Å²) in [5, 5.41) is 4.38. The number of halogens is 3. The molecular formula is C16H21Cl3N2O. The first-order valence-electron chi connectivity index (χ1n) is 7.48. The Balaban J connectivity index is 0.00000176. The summed E-state index contributed by atoms with van der Waals surface area (Å²) in [6, 6.07) is 5.91. The van der Waals surface area contributed by atoms with Crippen LogP contribution in [0.25, 0.3) is 0 Å². The Morgan fingerprint density at radius 1 is 1.32 bits per heavy atom. The van der Waals surface area contributed by atoms with Gasteiger partial charge in [-0.05, 0) is 43.5 Å². The van der Waals surface area contributed by atoms with Gasteiger partial charge in [0.2, 0.25) is 5.91 Å². The van der Waals surface area contributed by atoms with Crippen molar-refractivity contribution in [2.75, 3.05) is 20.1 Å². The number of rotatable bonds is 3. The van der Waals surface area contributed by atoms with Gasteiger partial charge in [-0.25, -0.2) is 0 Å². The molecule has 1 N–H and O–H groups in total. The van der Waals surface area contributed by atoms with Gasteiger partial charge in [-0.1, -0.05) is 35.7 Å². The van der Waals surface area contributed by atoms with Crippen LogP contribution in [0.2, 0.25) is 10.0 Å². The van der Waals surface area contributed by atoms with Crippen molar-refractivity contribution in [3.8, 4) is 0 Å². The second-order valence-corrected chi connectivity index (χ2v) is 6.94. The van der Waals surface area contributed by atoms with E-state index in [2.05, 4.69) is 5.32 Å². The van der Waals surface area contributed by atoms with Gasteiger partial charge in [0, 0.05) is 19.6 Å². The van der Waals surface area contributed by atoms with Crippen LogP contribution in [0.1, 0.15) is 31.2 Å². The minimum Gasteiger partial charge on any atom is -0.341 e. The van der Waals surface area contributed by atoms with E-state index in [-0.39, 0.29) is 18.3 Å². The number of hydrogen-bond acceptors (Lipinski definition) is 2. The van der Waals surface area contributed by atoms with Crippen molar-refractivity contribution in [2.45, 2.75) is 37.1 Å². The minimum absolute atomic E-state index is 0. The Bertz CT molecular complexity index is 554. The number of carbonyl (C=O) groups is 1. The van der Waals surface area contributed by atoms with E-state index in [4.69, 9.17) is 23.2 Å². The Morgan fingerprint density at radius 3 is 2.55 bits per heavy atom. The van der Waals surface area contributed by atoms with Crippen molar-refractivity contribution in [3.05, 3.63) is 33.8 Å². The van der Waals surface area contributed by atoms with Crippen LogP contribution in [0, 0.1) is 0 Å². The number of nitrogens with zero attached hydrogens (tertiary/aromatic N) is 1. The molecule has 2 fully saturated rings. The monoisotopic (exact) mass is 362 g/mol. The van der Waals surface area contributed by atoms with Gasteiger partial charge in [-0.3, -0.25) is 4.79 Å². The van der Waals surface area contributed by atoms with Gasteiger partial charge in [-0.15, -0.1) is 12.4 Å². The van der Waals surface area contributed by atoms with Crippen LogP contribution in [0.15, 0.2) is 18.2 Å². The molecule has 1 atom stereocenters. The molecule has 0 aromatic heterocycles. The zero-order valence-electron chi connectivity index (χ0n) is 12.6. The highest BCUT2D eigenvalue weighted by molar-refractivity contribution is 6.42. The van der Waals surface area contributed by atoms with Crippen molar-refractivity contribution in [1.29, 1.82) is 0 Å². The molecule has 122 valence electrons. The fourth-order valence-corrected chi connectivity index (χ4v) is 3.72. The SMILES string of the molecule is CN(C(=O)C1(c2ccc(Cl)c(Cl)c2)CCC1)C1CCNC1.Cl. The first-order valence-corrected chi connectivity index (χ1v) is 8.24. The van der Waals surface area contributed by atoms with Gasteiger partial charge in [-0.2, -0.15) is 0 Å². The number of nitrogens with one attached hydrogen (secondary N) is 1. The van der Waals surface area contributed by atoms with Crippen LogP contribution in [0.4, 0.5) is 0 Å². The number of carbonyl (C=O) groups excluding carboxylic acids is 1. The molecule has 1 aromatic carbocycles. The van der Waals surface area contributed by atoms with Gasteiger partial charge >= 0.3 is 0 Å². The maximum absolute atomic E-state index is 13.1. The van der Waals surface area contributed by atoms with E-state index in [9.17, 15) is 4.79 Å². The fourth-order valence-electron chi connectivity index (χ4n) is 3.42. The summed E-state index contributed by atoms with van der Waals surface area (Å²) in [4.78, 5) is 15.0. The van der Waals surface area contributed by atoms with Crippen molar-refractivity contribution < 1.29 is 4.79 Å². The Morgan fingerprint density at radius 2 is 2.05 bits per heavy atom. The van der Waals surface area contributed by atoms with Crippen LogP contribution in [0.3, 0.4) is 0 Å². The standard InChI is InChI=1S/C16H20Cl2N2O.ClH/c1-20(12-5-8-19-10-12)15(21)16(6-2-7-16)11-3-4-13(17)14(18)9-11;/h3-4,9,12,19H,2,5-8,10H2,1H3;1H. The smallest absolute Gasteiger partial charge is 0.233 e. The van der Waals surface area contributed by atoms with E-state index in [1.165, 1.54) is 0 Å². The normalized spacial score (nSPS) is 22.6. The number of benzene rings is 1. The van der Waals surface area contributed by atoms with Crippen LogP contribution in [-0.2, 0) is 10.2 Å². The first kappa shape index (κ1) is 17.9. The van der Waals surface area contributed by atoms with E-state index < -0.39 is 5.41 Å². The van der Waals surface area contributed by atoms with Crippen molar-refractivity contribution in [1.82, 2.24) is 10.2 Å². The van der Waals surface area contributed by atoms with E-state index >= 15 is 0 Å². The van der Waals surface area contributed by atoms with Crippen LogP contribution >= 0.6 is 35.6 Å². The highest BCUT2D eigenvalue weighted by Crippen LogP contribution is 2.46. The summed E-state index contributed by atoms with van der Waals surface area (Å²) in [7, 11) is 1.93. The van der Waals surface area contributed by atoms with Crippen molar-refractivity contribution in [2.24, 2.45) is 0 Å². The summed E-state index contributed by atoms with van der Waals surface area (Å²) < 4.78 is 0. The van der Waals surface area contributed by atoms with Gasteiger partial charge in [0.25, 0.3) is 0 Å². The lowest BCUT2D eigenvalue weighted by Crippen LogP contribution is -2.53. The van der Waals surface area contributed by atoms with Crippen LogP contribution in [0.5, 0.6) is 0 Å². The van der Waals surface area contributed by atoms with Crippen LogP contribution < -0.4 is 5.32 Å². The number of hydrogen-bond donors (Lipinski definition) is 1. The minimum atomic E-state index is -0.397. The molecule has 1 amide bonds. The highest BCUT2D eigenvalue weighted by Gasteiger charge is 2.48. The van der Waals surface area contributed by atoms with Gasteiger partial charge in [0.1, 0.15) is 0 Å². The van der Waals surface area contributed by atoms with Gasteiger partial charge < -0.3 is 10.2 Å². The largest absolute Gasteiger partial charge is 0.341 e. The number of likely N-dealkylation sites (N-methyl/N-ethyl adjacent to an activating group) is 1. The molecule has 1 unspecified atom stereocenters. The average Bonchev–Trinajstić information content (AvgIpc) is 2.94. The summed E-state index contributed by atoms with van der Waals surface area (Å²) in [5.41, 5.74) is 0.608. The van der Waals surface area contributed by atoms with Crippen molar-refractivity contribution >= 4 is 41.5 Å². The molecule has 3 nitrogen and oxygen atoms in total. The van der Waals surface area contributed by atoms with E-state index in [1.54, 1.807) is 6.07 Å². The molecule has 0 spiro atoms. The maximum Gasteiger partial charge on any atom is 0.233 e. The molecule has 2 aliphatic rings. The molecule has 0 radical (unpaired) electrons. The molecule has 3 rings (SSSR count). The van der Waals surface area contributed by atoms with E-state index in [0.29, 0.717) is 16.1 Å². The third-order valence-electron chi connectivity index (χ3n) is 4.99. The second-order valence-electron chi connectivity index (χ2n) is 6.13. The molecule has 1 aliphatic heterocycles. The Kier molecular flexibility index (Phi) is 5.65. The third kappa shape index (κ3) is 2.96. The molecule has 1 heterocycles. The third-order valence-corrected chi connectivity index (χ3v) is 5.73. The molecular weight excluding hydrogens is 343 g/mol. The van der Waals surface area contributed by atoms with Gasteiger partial charge in [0.05, 0.1) is 15.5 Å². The lowest BCUT2D eigenvalue weighted by atomic mass is 9.63. The molecule has 6 heteroatoms. The molecule has 0 bridgehead atoms. The summed E-state index contributed by atoms with van der Waals surface area (Å²) >= 11 is 12.1. The zero-order valence-corrected chi connectivity index (χ0v) is 14.9. The molecule has 1 saturated heterocycles. The lowest BCUT2D eigenvalue weighted by Gasteiger charge is -2.44. The maximum atomic E-state index is 13.1. The molecule has 1 saturated carbocycles. The highest BCUT2D eigenvalue weighted by atomic mass is 35.5. The topological polar surface area (TPSA) is 32.3 Å². The summed E-state index contributed by atoms with van der Waals surface area (Å²) in [5.74, 6) is 0.223. The molecule has 1 aliphatic carbocycles. The average molecular weight is 364 g/mol.